The third-order valence-electron chi connectivity index (χ3n) is 3.86. The molecule has 1 aliphatic rings. The van der Waals surface area contributed by atoms with Crippen LogP contribution in [-0.2, 0) is 12.8 Å². The predicted molar refractivity (Wildman–Crippen MR) is 80.9 cm³/mol. The fraction of sp³-hybridized carbons (Fsp3) is 0.375. The van der Waals surface area contributed by atoms with Crippen LogP contribution in [0.5, 0.6) is 0 Å². The number of Topliss-reactive ketones (excluding diaryl/α,β-unsaturated/α-hetero) is 1. The molecule has 1 N–H and O–H groups in total. The molecule has 0 saturated heterocycles. The van der Waals surface area contributed by atoms with E-state index in [1.807, 2.05) is 29.7 Å². The molecule has 0 unspecified atom stereocenters. The maximum Gasteiger partial charge on any atom is 0.187 e. The number of hydrogen-bond acceptors (Lipinski definition) is 3. The Morgan fingerprint density at radius 3 is 2.80 bits per heavy atom. The van der Waals surface area contributed by atoms with Crippen molar-refractivity contribution in [2.24, 2.45) is 0 Å². The Bertz CT molecular complexity index is 739. The molecule has 3 nitrogen and oxygen atoms in total. The molecule has 20 heavy (non-hydrogen) atoms. The number of benzene rings is 1. The first-order valence-electron chi connectivity index (χ1n) is 6.98. The Balaban J connectivity index is 2.28. The minimum atomic E-state index is 0.0580. The average Bonchev–Trinajstić information content (AvgIpc) is 2.73. The summed E-state index contributed by atoms with van der Waals surface area (Å²) in [5.41, 5.74) is 3.94. The number of ketones is 1. The zero-order chi connectivity index (χ0) is 14.3. The lowest BCUT2D eigenvalue weighted by Gasteiger charge is -2.16. The van der Waals surface area contributed by atoms with Gasteiger partial charge in [0.15, 0.2) is 10.6 Å². The second-order valence-corrected chi connectivity index (χ2v) is 6.48. The van der Waals surface area contributed by atoms with Gasteiger partial charge in [-0.05, 0) is 57.2 Å². The van der Waals surface area contributed by atoms with Crippen LogP contribution in [0.3, 0.4) is 0 Å². The summed E-state index contributed by atoms with van der Waals surface area (Å²) in [7, 11) is 0. The Morgan fingerprint density at radius 1 is 1.30 bits per heavy atom. The van der Waals surface area contributed by atoms with Crippen molar-refractivity contribution < 1.29 is 4.79 Å². The molecule has 1 aliphatic carbocycles. The summed E-state index contributed by atoms with van der Waals surface area (Å²) >= 11 is 1.56. The molecular weight excluding hydrogens is 268 g/mol. The van der Waals surface area contributed by atoms with E-state index >= 15 is 0 Å². The van der Waals surface area contributed by atoms with Gasteiger partial charge < -0.3 is 0 Å². The predicted octanol–water partition coefficient (Wildman–Crippen LogP) is 3.41. The van der Waals surface area contributed by atoms with Crippen molar-refractivity contribution in [3.8, 4) is 5.69 Å². The highest BCUT2D eigenvalue weighted by Crippen LogP contribution is 2.27. The molecule has 0 atom stereocenters. The minimum Gasteiger partial charge on any atom is -0.294 e. The van der Waals surface area contributed by atoms with Gasteiger partial charge in [-0.3, -0.25) is 14.8 Å². The topological polar surface area (TPSA) is 45.9 Å². The zero-order valence-corrected chi connectivity index (χ0v) is 12.6. The van der Waals surface area contributed by atoms with Gasteiger partial charge in [0.2, 0.25) is 0 Å². The average molecular weight is 286 g/mol. The van der Waals surface area contributed by atoms with Crippen molar-refractivity contribution in [2.75, 3.05) is 0 Å². The molecule has 104 valence electrons. The van der Waals surface area contributed by atoms with Crippen molar-refractivity contribution in [1.29, 1.82) is 5.41 Å². The van der Waals surface area contributed by atoms with E-state index in [1.165, 1.54) is 23.4 Å². The molecule has 0 bridgehead atoms. The maximum absolute atomic E-state index is 11.9. The standard InChI is InChI=1S/C16H18N2OS/c1-10-7-8-12(11(2)19)14(9-10)18-13-5-3-4-6-15(13)20-16(18)17/h7-9,17H,3-6H2,1-2H3. The molecule has 0 aliphatic heterocycles. The van der Waals surface area contributed by atoms with Crippen LogP contribution in [0.1, 0.15) is 46.3 Å². The second-order valence-electron chi connectivity index (χ2n) is 5.40. The second kappa shape index (κ2) is 5.02. The monoisotopic (exact) mass is 286 g/mol. The van der Waals surface area contributed by atoms with E-state index < -0.39 is 0 Å². The van der Waals surface area contributed by atoms with Crippen LogP contribution in [0.2, 0.25) is 0 Å². The van der Waals surface area contributed by atoms with Crippen LogP contribution >= 0.6 is 11.3 Å². The van der Waals surface area contributed by atoms with Crippen LogP contribution < -0.4 is 4.80 Å². The molecule has 0 spiro atoms. The number of rotatable bonds is 2. The first-order valence-corrected chi connectivity index (χ1v) is 7.79. The van der Waals surface area contributed by atoms with E-state index in [1.54, 1.807) is 18.3 Å². The SMILES string of the molecule is CC(=O)c1ccc(C)cc1-n1c2c(sc1=N)CCCC2. The summed E-state index contributed by atoms with van der Waals surface area (Å²) in [4.78, 5) is 13.7. The molecule has 1 aromatic heterocycles. The molecule has 1 heterocycles. The highest BCUT2D eigenvalue weighted by Gasteiger charge is 2.20. The largest absolute Gasteiger partial charge is 0.294 e. The molecule has 0 saturated carbocycles. The lowest BCUT2D eigenvalue weighted by atomic mass is 10.0. The van der Waals surface area contributed by atoms with Crippen molar-refractivity contribution in [2.45, 2.75) is 39.5 Å². The molecule has 1 aromatic carbocycles. The number of aromatic nitrogens is 1. The Labute approximate surface area is 122 Å². The van der Waals surface area contributed by atoms with Gasteiger partial charge in [-0.15, -0.1) is 11.3 Å². The van der Waals surface area contributed by atoms with Crippen LogP contribution in [-0.4, -0.2) is 10.4 Å². The zero-order valence-electron chi connectivity index (χ0n) is 11.8. The molecular formula is C16H18N2OS. The van der Waals surface area contributed by atoms with Crippen molar-refractivity contribution in [3.63, 3.8) is 0 Å². The number of aryl methyl sites for hydroxylation is 2. The van der Waals surface area contributed by atoms with Crippen molar-refractivity contribution >= 4 is 17.1 Å². The number of nitrogens with one attached hydrogen (secondary N) is 1. The molecule has 4 heteroatoms. The van der Waals surface area contributed by atoms with Crippen LogP contribution in [0, 0.1) is 12.3 Å². The number of thiazole rings is 1. The Morgan fingerprint density at radius 2 is 2.05 bits per heavy atom. The number of nitrogens with zero attached hydrogens (tertiary/aromatic N) is 1. The summed E-state index contributed by atoms with van der Waals surface area (Å²) in [5.74, 6) is 0.0580. The van der Waals surface area contributed by atoms with Gasteiger partial charge in [-0.25, -0.2) is 0 Å². The lowest BCUT2D eigenvalue weighted by Crippen LogP contribution is -2.18. The van der Waals surface area contributed by atoms with Gasteiger partial charge in [-0.1, -0.05) is 6.07 Å². The van der Waals surface area contributed by atoms with Gasteiger partial charge in [0.05, 0.1) is 5.69 Å². The number of carbonyl (C=O) groups is 1. The van der Waals surface area contributed by atoms with E-state index in [2.05, 4.69) is 0 Å². The van der Waals surface area contributed by atoms with E-state index in [0.717, 1.165) is 24.1 Å². The maximum atomic E-state index is 11.9. The quantitative estimate of drug-likeness (QED) is 0.845. The van der Waals surface area contributed by atoms with Crippen molar-refractivity contribution in [1.82, 2.24) is 4.57 Å². The highest BCUT2D eigenvalue weighted by atomic mass is 32.1. The van der Waals surface area contributed by atoms with Gasteiger partial charge in [0.25, 0.3) is 0 Å². The molecule has 0 fully saturated rings. The normalized spacial score (nSPS) is 14.1. The lowest BCUT2D eigenvalue weighted by molar-refractivity contribution is 0.101. The number of fused-ring (bicyclic) bond motifs is 1. The molecule has 0 radical (unpaired) electrons. The Hall–Kier alpha value is -1.68. The first kappa shape index (κ1) is 13.3. The van der Waals surface area contributed by atoms with Crippen LogP contribution in [0.4, 0.5) is 0 Å². The summed E-state index contributed by atoms with van der Waals surface area (Å²) in [5, 5.41) is 8.28. The molecule has 0 amide bonds. The summed E-state index contributed by atoms with van der Waals surface area (Å²) < 4.78 is 1.99. The van der Waals surface area contributed by atoms with E-state index in [0.29, 0.717) is 10.4 Å². The minimum absolute atomic E-state index is 0.0580. The highest BCUT2D eigenvalue weighted by molar-refractivity contribution is 7.09. The van der Waals surface area contributed by atoms with E-state index in [4.69, 9.17) is 5.41 Å². The fourth-order valence-electron chi connectivity index (χ4n) is 2.87. The van der Waals surface area contributed by atoms with Crippen molar-refractivity contribution in [3.05, 3.63) is 44.7 Å². The van der Waals surface area contributed by atoms with E-state index in [9.17, 15) is 4.79 Å². The summed E-state index contributed by atoms with van der Waals surface area (Å²) in [6.45, 7) is 3.62. The number of carbonyl (C=O) groups excluding carboxylic acids is 1. The van der Waals surface area contributed by atoms with Gasteiger partial charge >= 0.3 is 0 Å². The third kappa shape index (κ3) is 2.14. The molecule has 2 aromatic rings. The number of hydrogen-bond donors (Lipinski definition) is 1. The first-order chi connectivity index (χ1) is 9.58. The van der Waals surface area contributed by atoms with Crippen LogP contribution in [0.25, 0.3) is 5.69 Å². The fourth-order valence-corrected chi connectivity index (χ4v) is 3.96. The summed E-state index contributed by atoms with van der Waals surface area (Å²) in [6.07, 6.45) is 4.46. The van der Waals surface area contributed by atoms with Gasteiger partial charge in [0, 0.05) is 16.1 Å². The van der Waals surface area contributed by atoms with E-state index in [-0.39, 0.29) is 5.78 Å². The van der Waals surface area contributed by atoms with Gasteiger partial charge in [-0.2, -0.15) is 0 Å². The Kier molecular flexibility index (Phi) is 3.34. The smallest absolute Gasteiger partial charge is 0.187 e. The van der Waals surface area contributed by atoms with Crippen LogP contribution in [0.15, 0.2) is 18.2 Å². The molecule has 3 rings (SSSR count). The summed E-state index contributed by atoms with van der Waals surface area (Å²) in [6, 6.07) is 5.87. The third-order valence-corrected chi connectivity index (χ3v) is 4.92. The van der Waals surface area contributed by atoms with Gasteiger partial charge in [0.1, 0.15) is 0 Å².